The van der Waals surface area contributed by atoms with Gasteiger partial charge in [0, 0.05) is 12.6 Å². The van der Waals surface area contributed by atoms with Crippen molar-refractivity contribution in [2.45, 2.75) is 6.42 Å². The maximum Gasteiger partial charge on any atom is 0.337 e. The van der Waals surface area contributed by atoms with E-state index < -0.39 is 0 Å². The van der Waals surface area contributed by atoms with Crippen LogP contribution in [0.1, 0.15) is 15.9 Å². The molecule has 0 bridgehead atoms. The second-order valence-electron chi connectivity index (χ2n) is 2.69. The molecular weight excluding hydrogens is 182 g/mol. The van der Waals surface area contributed by atoms with Crippen LogP contribution in [-0.2, 0) is 11.2 Å². The second kappa shape index (κ2) is 5.01. The topological polar surface area (TPSA) is 58.9 Å². The van der Waals surface area contributed by atoms with E-state index in [4.69, 9.17) is 5.21 Å². The van der Waals surface area contributed by atoms with Crippen molar-refractivity contribution in [1.82, 2.24) is 0 Å². The maximum absolute atomic E-state index is 11.1. The van der Waals surface area contributed by atoms with Gasteiger partial charge in [0.2, 0.25) is 0 Å². The zero-order valence-electron chi connectivity index (χ0n) is 7.80. The molecule has 0 atom stereocenters. The zero-order chi connectivity index (χ0) is 10.4. The Kier molecular flexibility index (Phi) is 3.67. The lowest BCUT2D eigenvalue weighted by Gasteiger charge is -2.00. The summed E-state index contributed by atoms with van der Waals surface area (Å²) in [4.78, 5) is 11.1. The molecule has 0 amide bonds. The summed E-state index contributed by atoms with van der Waals surface area (Å²) in [6.45, 7) is 0. The van der Waals surface area contributed by atoms with E-state index in [9.17, 15) is 4.79 Å². The lowest BCUT2D eigenvalue weighted by Crippen LogP contribution is -2.01. The SMILES string of the molecule is COC(=O)c1cccc(C/C=N/O)c1. The summed E-state index contributed by atoms with van der Waals surface area (Å²) in [6.07, 6.45) is 1.84. The van der Waals surface area contributed by atoms with Gasteiger partial charge in [0.15, 0.2) is 0 Å². The average Bonchev–Trinajstić information content (AvgIpc) is 2.25. The summed E-state index contributed by atoms with van der Waals surface area (Å²) in [5.74, 6) is -0.368. The molecule has 0 radical (unpaired) electrons. The molecule has 14 heavy (non-hydrogen) atoms. The third kappa shape index (κ3) is 2.58. The minimum atomic E-state index is -0.368. The highest BCUT2D eigenvalue weighted by molar-refractivity contribution is 5.89. The minimum absolute atomic E-state index is 0.368. The van der Waals surface area contributed by atoms with Gasteiger partial charge in [0.05, 0.1) is 12.7 Å². The number of ether oxygens (including phenoxy) is 1. The molecule has 0 heterocycles. The molecule has 0 aliphatic heterocycles. The molecule has 0 saturated carbocycles. The molecule has 4 nitrogen and oxygen atoms in total. The van der Waals surface area contributed by atoms with Crippen molar-refractivity contribution in [3.63, 3.8) is 0 Å². The van der Waals surface area contributed by atoms with Crippen LogP contribution in [0.3, 0.4) is 0 Å². The standard InChI is InChI=1S/C10H11NO3/c1-14-10(12)9-4-2-3-8(7-9)5-6-11-13/h2-4,6-7,13H,5H2,1H3/b11-6+. The first-order valence-corrected chi connectivity index (χ1v) is 4.11. The lowest BCUT2D eigenvalue weighted by molar-refractivity contribution is 0.0600. The molecule has 1 rings (SSSR count). The molecule has 0 fully saturated rings. The van der Waals surface area contributed by atoms with Crippen molar-refractivity contribution in [1.29, 1.82) is 0 Å². The van der Waals surface area contributed by atoms with Crippen LogP contribution in [0.4, 0.5) is 0 Å². The van der Waals surface area contributed by atoms with Crippen LogP contribution in [-0.4, -0.2) is 24.5 Å². The van der Waals surface area contributed by atoms with Gasteiger partial charge in [-0.1, -0.05) is 12.1 Å². The van der Waals surface area contributed by atoms with Gasteiger partial charge in [-0.05, 0) is 17.7 Å². The smallest absolute Gasteiger partial charge is 0.337 e. The van der Waals surface area contributed by atoms with Crippen molar-refractivity contribution in [2.75, 3.05) is 7.11 Å². The van der Waals surface area contributed by atoms with Crippen LogP contribution in [0.15, 0.2) is 29.4 Å². The summed E-state index contributed by atoms with van der Waals surface area (Å²) in [5, 5.41) is 11.1. The van der Waals surface area contributed by atoms with E-state index >= 15 is 0 Å². The molecule has 0 saturated heterocycles. The van der Waals surface area contributed by atoms with Crippen LogP contribution in [0, 0.1) is 0 Å². The number of hydrogen-bond acceptors (Lipinski definition) is 4. The monoisotopic (exact) mass is 193 g/mol. The van der Waals surface area contributed by atoms with Crippen LogP contribution in [0.5, 0.6) is 0 Å². The Morgan fingerprint density at radius 1 is 1.64 bits per heavy atom. The van der Waals surface area contributed by atoms with Gasteiger partial charge in [-0.3, -0.25) is 0 Å². The Bertz CT molecular complexity index is 347. The summed E-state index contributed by atoms with van der Waals surface area (Å²) >= 11 is 0. The molecule has 1 aromatic rings. The van der Waals surface area contributed by atoms with Crippen LogP contribution in [0.25, 0.3) is 0 Å². The molecule has 1 N–H and O–H groups in total. The first kappa shape index (κ1) is 10.2. The van der Waals surface area contributed by atoms with Gasteiger partial charge >= 0.3 is 5.97 Å². The Morgan fingerprint density at radius 3 is 3.07 bits per heavy atom. The third-order valence-electron chi connectivity index (χ3n) is 1.76. The number of carbonyl (C=O) groups excluding carboxylic acids is 1. The average molecular weight is 193 g/mol. The van der Waals surface area contributed by atoms with E-state index in [1.807, 2.05) is 6.07 Å². The third-order valence-corrected chi connectivity index (χ3v) is 1.76. The number of rotatable bonds is 3. The highest BCUT2D eigenvalue weighted by Gasteiger charge is 2.04. The van der Waals surface area contributed by atoms with Crippen molar-refractivity contribution >= 4 is 12.2 Å². The molecular formula is C10H11NO3. The minimum Gasteiger partial charge on any atom is -0.465 e. The van der Waals surface area contributed by atoms with E-state index in [0.717, 1.165) is 5.56 Å². The number of nitrogens with zero attached hydrogens (tertiary/aromatic N) is 1. The highest BCUT2D eigenvalue weighted by Crippen LogP contribution is 2.06. The molecule has 4 heteroatoms. The molecule has 1 aromatic carbocycles. The summed E-state index contributed by atoms with van der Waals surface area (Å²) in [5.41, 5.74) is 1.39. The fraction of sp³-hybridized carbons (Fsp3) is 0.200. The number of oxime groups is 1. The quantitative estimate of drug-likeness (QED) is 0.342. The van der Waals surface area contributed by atoms with E-state index in [1.54, 1.807) is 18.2 Å². The number of esters is 1. The number of carbonyl (C=O) groups is 1. The van der Waals surface area contributed by atoms with Crippen molar-refractivity contribution in [3.8, 4) is 0 Å². The Balaban J connectivity index is 2.83. The van der Waals surface area contributed by atoms with Crippen molar-refractivity contribution in [3.05, 3.63) is 35.4 Å². The molecule has 0 unspecified atom stereocenters. The summed E-state index contributed by atoms with van der Waals surface area (Å²) < 4.78 is 4.57. The van der Waals surface area contributed by atoms with Crippen LogP contribution < -0.4 is 0 Å². The highest BCUT2D eigenvalue weighted by atomic mass is 16.5. The van der Waals surface area contributed by atoms with Gasteiger partial charge in [-0.2, -0.15) is 0 Å². The largest absolute Gasteiger partial charge is 0.465 e. The van der Waals surface area contributed by atoms with Crippen molar-refractivity contribution in [2.24, 2.45) is 5.16 Å². The normalized spacial score (nSPS) is 10.4. The van der Waals surface area contributed by atoms with Crippen molar-refractivity contribution < 1.29 is 14.7 Å². The summed E-state index contributed by atoms with van der Waals surface area (Å²) in [6, 6.07) is 6.97. The predicted octanol–water partition coefficient (Wildman–Crippen LogP) is 1.48. The van der Waals surface area contributed by atoms with Gasteiger partial charge < -0.3 is 9.94 Å². The lowest BCUT2D eigenvalue weighted by atomic mass is 10.1. The Hall–Kier alpha value is -1.84. The van der Waals surface area contributed by atoms with Gasteiger partial charge in [-0.15, -0.1) is 5.16 Å². The van der Waals surface area contributed by atoms with E-state index in [2.05, 4.69) is 9.89 Å². The molecule has 0 aliphatic carbocycles. The summed E-state index contributed by atoms with van der Waals surface area (Å²) in [7, 11) is 1.34. The predicted molar refractivity (Wildman–Crippen MR) is 51.8 cm³/mol. The Labute approximate surface area is 81.8 Å². The first-order valence-electron chi connectivity index (χ1n) is 4.11. The van der Waals surface area contributed by atoms with E-state index in [0.29, 0.717) is 12.0 Å². The van der Waals surface area contributed by atoms with Crippen LogP contribution >= 0.6 is 0 Å². The van der Waals surface area contributed by atoms with Gasteiger partial charge in [0.25, 0.3) is 0 Å². The molecule has 74 valence electrons. The van der Waals surface area contributed by atoms with Crippen LogP contribution in [0.2, 0.25) is 0 Å². The zero-order valence-corrected chi connectivity index (χ0v) is 7.80. The van der Waals surface area contributed by atoms with E-state index in [-0.39, 0.29) is 5.97 Å². The maximum atomic E-state index is 11.1. The van der Waals surface area contributed by atoms with Gasteiger partial charge in [-0.25, -0.2) is 4.79 Å². The fourth-order valence-electron chi connectivity index (χ4n) is 1.09. The fourth-order valence-corrected chi connectivity index (χ4v) is 1.09. The number of benzene rings is 1. The second-order valence-corrected chi connectivity index (χ2v) is 2.69. The Morgan fingerprint density at radius 2 is 2.43 bits per heavy atom. The molecule has 0 aromatic heterocycles. The number of hydrogen-bond donors (Lipinski definition) is 1. The number of methoxy groups -OCH3 is 1. The first-order chi connectivity index (χ1) is 6.77. The van der Waals surface area contributed by atoms with E-state index in [1.165, 1.54) is 13.3 Å². The molecule has 0 spiro atoms. The molecule has 0 aliphatic rings. The van der Waals surface area contributed by atoms with Gasteiger partial charge in [0.1, 0.15) is 0 Å².